The topological polar surface area (TPSA) is 93.0 Å². The quantitative estimate of drug-likeness (QED) is 0.703. The number of carbonyl (C=O) groups excluding carboxylic acids is 1. The summed E-state index contributed by atoms with van der Waals surface area (Å²) in [5, 5.41) is 9.29. The van der Waals surface area contributed by atoms with Gasteiger partial charge in [-0.05, 0) is 25.2 Å². The maximum Gasteiger partial charge on any atom is 0.256 e. The van der Waals surface area contributed by atoms with Crippen LogP contribution in [0.1, 0.15) is 29.6 Å². The van der Waals surface area contributed by atoms with Crippen LogP contribution in [0.4, 0.5) is 5.82 Å². The number of aromatic nitrogens is 2. The Hall–Kier alpha value is -1.56. The van der Waals surface area contributed by atoms with Gasteiger partial charge >= 0.3 is 0 Å². The van der Waals surface area contributed by atoms with E-state index in [1.165, 1.54) is 19.0 Å². The molecule has 1 aliphatic carbocycles. The van der Waals surface area contributed by atoms with Crippen molar-refractivity contribution < 1.29 is 9.53 Å². The van der Waals surface area contributed by atoms with Crippen molar-refractivity contribution >= 4 is 11.7 Å². The number of nitrogens with two attached hydrogens (primary N) is 1. The van der Waals surface area contributed by atoms with Gasteiger partial charge in [-0.25, -0.2) is 0 Å². The van der Waals surface area contributed by atoms with Crippen molar-refractivity contribution in [2.24, 2.45) is 5.92 Å². The molecule has 2 unspecified atom stereocenters. The van der Waals surface area contributed by atoms with Gasteiger partial charge in [-0.3, -0.25) is 9.89 Å². The van der Waals surface area contributed by atoms with Gasteiger partial charge in [0, 0.05) is 6.61 Å². The highest BCUT2D eigenvalue weighted by molar-refractivity contribution is 5.98. The maximum absolute atomic E-state index is 12.0. The Labute approximate surface area is 98.9 Å². The second-order valence-corrected chi connectivity index (χ2v) is 4.74. The lowest BCUT2D eigenvalue weighted by Crippen LogP contribution is -2.41. The Morgan fingerprint density at radius 2 is 2.35 bits per heavy atom. The molecule has 92 valence electrons. The molecule has 1 saturated heterocycles. The van der Waals surface area contributed by atoms with Crippen molar-refractivity contribution in [2.45, 2.75) is 31.4 Å². The summed E-state index contributed by atoms with van der Waals surface area (Å²) in [5.41, 5.74) is 6.02. The van der Waals surface area contributed by atoms with Gasteiger partial charge in [-0.2, -0.15) is 5.10 Å². The monoisotopic (exact) mass is 236 g/mol. The summed E-state index contributed by atoms with van der Waals surface area (Å²) < 4.78 is 5.67. The van der Waals surface area contributed by atoms with E-state index in [0.717, 1.165) is 13.0 Å². The molecule has 17 heavy (non-hydrogen) atoms. The highest BCUT2D eigenvalue weighted by Gasteiger charge is 2.41. The van der Waals surface area contributed by atoms with Crippen molar-refractivity contribution in [3.05, 3.63) is 11.8 Å². The van der Waals surface area contributed by atoms with Gasteiger partial charge in [0.25, 0.3) is 5.91 Å². The first kappa shape index (κ1) is 10.6. The Balaban J connectivity index is 1.66. The first-order valence-electron chi connectivity index (χ1n) is 5.97. The average molecular weight is 236 g/mol. The minimum Gasteiger partial charge on any atom is -0.383 e. The van der Waals surface area contributed by atoms with Crippen LogP contribution in [-0.4, -0.2) is 34.9 Å². The Morgan fingerprint density at radius 1 is 1.53 bits per heavy atom. The lowest BCUT2D eigenvalue weighted by molar-refractivity contribution is 0.0730. The van der Waals surface area contributed by atoms with E-state index in [2.05, 4.69) is 15.5 Å². The van der Waals surface area contributed by atoms with Crippen LogP contribution in [0.2, 0.25) is 0 Å². The standard InChI is InChI=1S/C11H16N4O2/c12-10-7(5-13-15-10)11(16)14-8-3-4-17-9(8)6-1-2-6/h5-6,8-9H,1-4H2,(H,14,16)(H3,12,13,15). The van der Waals surface area contributed by atoms with Gasteiger partial charge < -0.3 is 15.8 Å². The first-order valence-corrected chi connectivity index (χ1v) is 5.97. The maximum atomic E-state index is 12.0. The molecule has 1 aliphatic heterocycles. The normalized spacial score (nSPS) is 28.2. The minimum atomic E-state index is -0.169. The summed E-state index contributed by atoms with van der Waals surface area (Å²) in [6.07, 6.45) is 4.94. The van der Waals surface area contributed by atoms with Crippen molar-refractivity contribution in [3.8, 4) is 0 Å². The molecule has 0 radical (unpaired) electrons. The van der Waals surface area contributed by atoms with Crippen LogP contribution in [0, 0.1) is 5.92 Å². The van der Waals surface area contributed by atoms with Crippen LogP contribution >= 0.6 is 0 Å². The van der Waals surface area contributed by atoms with Crippen LogP contribution < -0.4 is 11.1 Å². The van der Waals surface area contributed by atoms with Crippen LogP contribution in [-0.2, 0) is 4.74 Å². The van der Waals surface area contributed by atoms with E-state index >= 15 is 0 Å². The second kappa shape index (κ2) is 4.03. The van der Waals surface area contributed by atoms with E-state index in [4.69, 9.17) is 10.5 Å². The molecule has 3 rings (SSSR count). The summed E-state index contributed by atoms with van der Waals surface area (Å²) in [4.78, 5) is 12.0. The number of anilines is 1. The van der Waals surface area contributed by atoms with Crippen molar-refractivity contribution in [3.63, 3.8) is 0 Å². The number of hydrogen-bond donors (Lipinski definition) is 3. The van der Waals surface area contributed by atoms with Gasteiger partial charge in [0.2, 0.25) is 0 Å². The molecule has 1 saturated carbocycles. The molecule has 0 bridgehead atoms. The Morgan fingerprint density at radius 3 is 3.00 bits per heavy atom. The number of nitrogen functional groups attached to an aromatic ring is 1. The van der Waals surface area contributed by atoms with E-state index in [1.54, 1.807) is 0 Å². The number of nitrogens with one attached hydrogen (secondary N) is 2. The number of carbonyl (C=O) groups is 1. The van der Waals surface area contributed by atoms with Crippen molar-refractivity contribution in [2.75, 3.05) is 12.3 Å². The Bertz CT molecular complexity index is 427. The summed E-state index contributed by atoms with van der Waals surface area (Å²) in [5.74, 6) is 0.770. The number of nitrogens with zero attached hydrogens (tertiary/aromatic N) is 1. The summed E-state index contributed by atoms with van der Waals surface area (Å²) >= 11 is 0. The van der Waals surface area contributed by atoms with Gasteiger partial charge in [-0.1, -0.05) is 0 Å². The molecule has 6 nitrogen and oxygen atoms in total. The number of amides is 1. The molecular weight excluding hydrogens is 220 g/mol. The first-order chi connectivity index (χ1) is 8.25. The van der Waals surface area contributed by atoms with Gasteiger partial charge in [-0.15, -0.1) is 0 Å². The molecule has 0 spiro atoms. The van der Waals surface area contributed by atoms with E-state index in [0.29, 0.717) is 17.3 Å². The number of ether oxygens (including phenoxy) is 1. The molecule has 4 N–H and O–H groups in total. The molecular formula is C11H16N4O2. The zero-order chi connectivity index (χ0) is 11.8. The lowest BCUT2D eigenvalue weighted by Gasteiger charge is -2.19. The summed E-state index contributed by atoms with van der Waals surface area (Å²) in [6.45, 7) is 0.729. The summed E-state index contributed by atoms with van der Waals surface area (Å²) in [6, 6.07) is 0.115. The smallest absolute Gasteiger partial charge is 0.256 e. The lowest BCUT2D eigenvalue weighted by atomic mass is 10.1. The second-order valence-electron chi connectivity index (χ2n) is 4.74. The van der Waals surface area contributed by atoms with Crippen LogP contribution in [0.15, 0.2) is 6.20 Å². The fourth-order valence-electron chi connectivity index (χ4n) is 2.38. The van der Waals surface area contributed by atoms with E-state index < -0.39 is 0 Å². The molecule has 2 atom stereocenters. The molecule has 2 heterocycles. The van der Waals surface area contributed by atoms with E-state index in [-0.39, 0.29) is 18.1 Å². The molecule has 1 amide bonds. The largest absolute Gasteiger partial charge is 0.383 e. The fraction of sp³-hybridized carbons (Fsp3) is 0.636. The molecule has 2 aliphatic rings. The number of rotatable bonds is 3. The molecule has 2 fully saturated rings. The molecule has 1 aromatic rings. The van der Waals surface area contributed by atoms with Crippen molar-refractivity contribution in [1.29, 1.82) is 0 Å². The Kier molecular flexibility index (Phi) is 2.51. The van der Waals surface area contributed by atoms with Gasteiger partial charge in [0.1, 0.15) is 11.4 Å². The fourth-order valence-corrected chi connectivity index (χ4v) is 2.38. The zero-order valence-electron chi connectivity index (χ0n) is 9.48. The zero-order valence-corrected chi connectivity index (χ0v) is 9.48. The van der Waals surface area contributed by atoms with E-state index in [9.17, 15) is 4.79 Å². The number of H-pyrrole nitrogens is 1. The van der Waals surface area contributed by atoms with Gasteiger partial charge in [0.15, 0.2) is 0 Å². The third kappa shape index (κ3) is 2.00. The highest BCUT2D eigenvalue weighted by Crippen LogP contribution is 2.38. The average Bonchev–Trinajstić information content (AvgIpc) is 2.89. The molecule has 1 aromatic heterocycles. The third-order valence-corrected chi connectivity index (χ3v) is 3.45. The van der Waals surface area contributed by atoms with Crippen LogP contribution in [0.3, 0.4) is 0 Å². The predicted octanol–water partition coefficient (Wildman–Crippen LogP) is 0.289. The molecule has 0 aromatic carbocycles. The number of hydrogen-bond acceptors (Lipinski definition) is 4. The third-order valence-electron chi connectivity index (χ3n) is 3.45. The van der Waals surface area contributed by atoms with Crippen molar-refractivity contribution in [1.82, 2.24) is 15.5 Å². The minimum absolute atomic E-state index is 0.115. The SMILES string of the molecule is Nc1[nH]ncc1C(=O)NC1CCOC1C1CC1. The number of aromatic amines is 1. The predicted molar refractivity (Wildman–Crippen MR) is 61.3 cm³/mol. The van der Waals surface area contributed by atoms with Crippen LogP contribution in [0.5, 0.6) is 0 Å². The van der Waals surface area contributed by atoms with Gasteiger partial charge in [0.05, 0.1) is 18.3 Å². The van der Waals surface area contributed by atoms with E-state index in [1.807, 2.05) is 0 Å². The molecule has 6 heteroatoms. The highest BCUT2D eigenvalue weighted by atomic mass is 16.5. The summed E-state index contributed by atoms with van der Waals surface area (Å²) in [7, 11) is 0. The van der Waals surface area contributed by atoms with Crippen LogP contribution in [0.25, 0.3) is 0 Å².